The summed E-state index contributed by atoms with van der Waals surface area (Å²) in [5.74, 6) is 0. The van der Waals surface area contributed by atoms with Crippen LogP contribution in [0.15, 0.2) is 30.3 Å². The van der Waals surface area contributed by atoms with E-state index in [1.54, 1.807) is 0 Å². The lowest BCUT2D eigenvalue weighted by atomic mass is 10.1. The van der Waals surface area contributed by atoms with Crippen LogP contribution in [0.5, 0.6) is 0 Å². The second kappa shape index (κ2) is 7.41. The molecule has 21 heavy (non-hydrogen) atoms. The largest absolute Gasteiger partial charge is 0.313 e. The summed E-state index contributed by atoms with van der Waals surface area (Å²) in [4.78, 5) is 0. The van der Waals surface area contributed by atoms with Gasteiger partial charge in [-0.15, -0.1) is 0 Å². The Balaban J connectivity index is 1.89. The first kappa shape index (κ1) is 15.8. The minimum atomic E-state index is 0.364. The second-order valence-electron chi connectivity index (χ2n) is 5.76. The van der Waals surface area contributed by atoms with Crippen LogP contribution in [-0.2, 0) is 13.0 Å². The van der Waals surface area contributed by atoms with Crippen LogP contribution in [0, 0.1) is 13.8 Å². The summed E-state index contributed by atoms with van der Waals surface area (Å²) in [6, 6.07) is 11.1. The van der Waals surface area contributed by atoms with Gasteiger partial charge in [-0.25, -0.2) is 0 Å². The molecule has 0 fully saturated rings. The fourth-order valence-corrected chi connectivity index (χ4v) is 2.93. The zero-order chi connectivity index (χ0) is 15.2. The Kier molecular flexibility index (Phi) is 5.57. The molecule has 3 heteroatoms. The van der Waals surface area contributed by atoms with Gasteiger partial charge in [0.15, 0.2) is 0 Å². The molecule has 0 radical (unpaired) electrons. The van der Waals surface area contributed by atoms with Gasteiger partial charge in [0, 0.05) is 23.8 Å². The zero-order valence-corrected chi connectivity index (χ0v) is 13.7. The molecular formula is C18H27N3. The summed E-state index contributed by atoms with van der Waals surface area (Å²) in [7, 11) is 2.00. The van der Waals surface area contributed by atoms with Crippen LogP contribution in [0.25, 0.3) is 0 Å². The van der Waals surface area contributed by atoms with Crippen molar-refractivity contribution < 1.29 is 0 Å². The number of aryl methyl sites for hydroxylation is 3. The van der Waals surface area contributed by atoms with Crippen LogP contribution in [0.1, 0.15) is 48.3 Å². The molecule has 114 valence electrons. The highest BCUT2D eigenvalue weighted by atomic mass is 15.3. The number of nitrogens with zero attached hydrogens (tertiary/aromatic N) is 2. The van der Waals surface area contributed by atoms with E-state index in [4.69, 9.17) is 5.10 Å². The van der Waals surface area contributed by atoms with Crippen molar-refractivity contribution in [2.75, 3.05) is 7.05 Å². The minimum absolute atomic E-state index is 0.364. The van der Waals surface area contributed by atoms with Gasteiger partial charge in [-0.1, -0.05) is 30.3 Å². The fraction of sp³-hybridized carbons (Fsp3) is 0.500. The molecule has 1 N–H and O–H groups in total. The predicted octanol–water partition coefficient (Wildman–Crippen LogP) is 3.80. The first-order chi connectivity index (χ1) is 10.1. The molecule has 0 aliphatic heterocycles. The normalized spacial score (nSPS) is 12.6. The van der Waals surface area contributed by atoms with Crippen LogP contribution in [0.3, 0.4) is 0 Å². The van der Waals surface area contributed by atoms with Gasteiger partial charge in [-0.05, 0) is 52.6 Å². The monoisotopic (exact) mass is 285 g/mol. The van der Waals surface area contributed by atoms with Crippen LogP contribution < -0.4 is 5.32 Å². The lowest BCUT2D eigenvalue weighted by Gasteiger charge is -2.11. The third-order valence-electron chi connectivity index (χ3n) is 4.23. The number of hydrogen-bond donors (Lipinski definition) is 1. The standard InChI is InChI=1S/C18H27N3/c1-14(19-4)18-15(2)20-21(16(18)3)13-9-8-12-17-10-6-5-7-11-17/h5-7,10-11,14,19H,8-9,12-13H2,1-4H3. The maximum atomic E-state index is 4.70. The number of rotatable bonds is 7. The van der Waals surface area contributed by atoms with E-state index in [0.717, 1.165) is 18.7 Å². The number of hydrogen-bond acceptors (Lipinski definition) is 2. The average molecular weight is 285 g/mol. The van der Waals surface area contributed by atoms with Crippen molar-refractivity contribution in [3.05, 3.63) is 52.8 Å². The Hall–Kier alpha value is -1.61. The van der Waals surface area contributed by atoms with Crippen molar-refractivity contribution in [2.45, 2.75) is 52.6 Å². The van der Waals surface area contributed by atoms with Gasteiger partial charge in [0.25, 0.3) is 0 Å². The van der Waals surface area contributed by atoms with Gasteiger partial charge in [0.2, 0.25) is 0 Å². The van der Waals surface area contributed by atoms with Gasteiger partial charge >= 0.3 is 0 Å². The Bertz CT molecular complexity index is 557. The summed E-state index contributed by atoms with van der Waals surface area (Å²) in [5, 5.41) is 8.01. The molecular weight excluding hydrogens is 258 g/mol. The van der Waals surface area contributed by atoms with Crippen LogP contribution in [-0.4, -0.2) is 16.8 Å². The van der Waals surface area contributed by atoms with Gasteiger partial charge in [0.1, 0.15) is 0 Å². The number of aromatic nitrogens is 2. The first-order valence-corrected chi connectivity index (χ1v) is 7.88. The molecule has 0 bridgehead atoms. The van der Waals surface area contributed by atoms with Gasteiger partial charge in [0.05, 0.1) is 5.69 Å². The molecule has 0 spiro atoms. The fourth-order valence-electron chi connectivity index (χ4n) is 2.93. The summed E-state index contributed by atoms with van der Waals surface area (Å²) in [6.45, 7) is 7.49. The molecule has 1 aromatic carbocycles. The van der Waals surface area contributed by atoms with Crippen molar-refractivity contribution in [1.82, 2.24) is 15.1 Å². The minimum Gasteiger partial charge on any atom is -0.313 e. The number of unbranched alkanes of at least 4 members (excludes halogenated alkanes) is 1. The van der Waals surface area contributed by atoms with Crippen LogP contribution >= 0.6 is 0 Å². The molecule has 2 aromatic rings. The Morgan fingerprint density at radius 1 is 1.14 bits per heavy atom. The highest BCUT2D eigenvalue weighted by Crippen LogP contribution is 2.21. The van der Waals surface area contributed by atoms with Crippen molar-refractivity contribution in [1.29, 1.82) is 0 Å². The Morgan fingerprint density at radius 2 is 1.86 bits per heavy atom. The van der Waals surface area contributed by atoms with Crippen molar-refractivity contribution in [2.24, 2.45) is 0 Å². The summed E-state index contributed by atoms with van der Waals surface area (Å²) >= 11 is 0. The maximum Gasteiger partial charge on any atom is 0.0644 e. The SMILES string of the molecule is CNC(C)c1c(C)nn(CCCCc2ccccc2)c1C. The quantitative estimate of drug-likeness (QED) is 0.784. The van der Waals surface area contributed by atoms with Gasteiger partial charge in [-0.2, -0.15) is 5.10 Å². The lowest BCUT2D eigenvalue weighted by molar-refractivity contribution is 0.541. The highest BCUT2D eigenvalue weighted by Gasteiger charge is 2.15. The third kappa shape index (κ3) is 3.94. The summed E-state index contributed by atoms with van der Waals surface area (Å²) in [6.07, 6.45) is 3.53. The van der Waals surface area contributed by atoms with E-state index in [9.17, 15) is 0 Å². The topological polar surface area (TPSA) is 29.9 Å². The van der Waals surface area contributed by atoms with E-state index in [1.165, 1.54) is 29.7 Å². The first-order valence-electron chi connectivity index (χ1n) is 7.88. The molecule has 1 unspecified atom stereocenters. The third-order valence-corrected chi connectivity index (χ3v) is 4.23. The molecule has 1 atom stereocenters. The molecule has 2 rings (SSSR count). The maximum absolute atomic E-state index is 4.70. The predicted molar refractivity (Wildman–Crippen MR) is 88.6 cm³/mol. The molecule has 0 saturated heterocycles. The van der Waals surface area contributed by atoms with Gasteiger partial charge in [-0.3, -0.25) is 4.68 Å². The molecule has 1 heterocycles. The van der Waals surface area contributed by atoms with Gasteiger partial charge < -0.3 is 5.32 Å². The average Bonchev–Trinajstić information content (AvgIpc) is 2.78. The molecule has 1 aromatic heterocycles. The number of nitrogens with one attached hydrogen (secondary N) is 1. The second-order valence-corrected chi connectivity index (χ2v) is 5.76. The summed E-state index contributed by atoms with van der Waals surface area (Å²) < 4.78 is 2.17. The molecule has 3 nitrogen and oxygen atoms in total. The summed E-state index contributed by atoms with van der Waals surface area (Å²) in [5.41, 5.74) is 5.22. The van der Waals surface area contributed by atoms with Crippen molar-refractivity contribution in [3.63, 3.8) is 0 Å². The lowest BCUT2D eigenvalue weighted by Crippen LogP contribution is -2.14. The van der Waals surface area contributed by atoms with E-state index in [0.29, 0.717) is 6.04 Å². The molecule has 0 aliphatic carbocycles. The van der Waals surface area contributed by atoms with E-state index in [1.807, 2.05) is 7.05 Å². The van der Waals surface area contributed by atoms with Crippen molar-refractivity contribution >= 4 is 0 Å². The van der Waals surface area contributed by atoms with Crippen LogP contribution in [0.2, 0.25) is 0 Å². The molecule has 0 amide bonds. The van der Waals surface area contributed by atoms with Crippen LogP contribution in [0.4, 0.5) is 0 Å². The highest BCUT2D eigenvalue weighted by molar-refractivity contribution is 5.27. The molecule has 0 saturated carbocycles. The van der Waals surface area contributed by atoms with Crippen molar-refractivity contribution in [3.8, 4) is 0 Å². The molecule has 0 aliphatic rings. The van der Waals surface area contributed by atoms with E-state index < -0.39 is 0 Å². The number of benzene rings is 1. The van der Waals surface area contributed by atoms with E-state index in [-0.39, 0.29) is 0 Å². The van der Waals surface area contributed by atoms with E-state index >= 15 is 0 Å². The smallest absolute Gasteiger partial charge is 0.0644 e. The zero-order valence-electron chi connectivity index (χ0n) is 13.7. The Morgan fingerprint density at radius 3 is 2.52 bits per heavy atom. The Labute approximate surface area is 128 Å². The van der Waals surface area contributed by atoms with E-state index in [2.05, 4.69) is 61.1 Å².